The van der Waals surface area contributed by atoms with Gasteiger partial charge in [-0.3, -0.25) is 9.59 Å². The van der Waals surface area contributed by atoms with Gasteiger partial charge in [0.05, 0.1) is 12.8 Å². The fourth-order valence-electron chi connectivity index (χ4n) is 2.03. The van der Waals surface area contributed by atoms with Crippen LogP contribution in [0, 0.1) is 6.92 Å². The lowest BCUT2D eigenvalue weighted by Crippen LogP contribution is -2.32. The van der Waals surface area contributed by atoms with Crippen LogP contribution in [0.2, 0.25) is 0 Å². The number of hydrogen-bond acceptors (Lipinski definition) is 4. The number of carbonyl (C=O) groups excluding carboxylic acids is 2. The number of amides is 2. The number of nitrogens with one attached hydrogen (secondary N) is 2. The maximum absolute atomic E-state index is 11.8. The second-order valence-electron chi connectivity index (χ2n) is 5.44. The Balaban J connectivity index is 1.88. The summed E-state index contributed by atoms with van der Waals surface area (Å²) in [6.45, 7) is 4.57. The molecule has 130 valence electrons. The van der Waals surface area contributed by atoms with Gasteiger partial charge < -0.3 is 10.1 Å². The third kappa shape index (κ3) is 6.10. The molecule has 0 aliphatic heterocycles. The lowest BCUT2D eigenvalue weighted by atomic mass is 10.2. The van der Waals surface area contributed by atoms with Crippen molar-refractivity contribution < 1.29 is 14.3 Å². The third-order valence-electron chi connectivity index (χ3n) is 3.19. The minimum absolute atomic E-state index is 0.560. The second-order valence-corrected chi connectivity index (χ2v) is 5.44. The van der Waals surface area contributed by atoms with Crippen LogP contribution in [0.15, 0.2) is 53.6 Å². The fraction of sp³-hybridized carbons (Fsp3) is 0.211. The summed E-state index contributed by atoms with van der Waals surface area (Å²) in [7, 11) is 0. The molecule has 0 fully saturated rings. The normalized spacial score (nSPS) is 10.5. The van der Waals surface area contributed by atoms with E-state index in [1.807, 2.05) is 38.1 Å². The number of ether oxygens (including phenoxy) is 1. The van der Waals surface area contributed by atoms with Gasteiger partial charge in [-0.1, -0.05) is 31.2 Å². The van der Waals surface area contributed by atoms with Gasteiger partial charge in [-0.05, 0) is 48.7 Å². The van der Waals surface area contributed by atoms with Crippen molar-refractivity contribution >= 4 is 23.7 Å². The third-order valence-corrected chi connectivity index (χ3v) is 3.19. The topological polar surface area (TPSA) is 79.8 Å². The molecule has 0 saturated carbocycles. The molecule has 0 radical (unpaired) electrons. The van der Waals surface area contributed by atoms with Crippen molar-refractivity contribution in [2.75, 3.05) is 11.9 Å². The van der Waals surface area contributed by atoms with Gasteiger partial charge in [0.25, 0.3) is 0 Å². The van der Waals surface area contributed by atoms with Crippen molar-refractivity contribution in [3.8, 4) is 5.75 Å². The Bertz CT molecular complexity index is 772. The quantitative estimate of drug-likeness (QED) is 0.482. The van der Waals surface area contributed by atoms with Gasteiger partial charge in [0, 0.05) is 5.69 Å². The van der Waals surface area contributed by atoms with Crippen LogP contribution in [0.5, 0.6) is 5.75 Å². The maximum atomic E-state index is 11.8. The molecule has 6 nitrogen and oxygen atoms in total. The fourth-order valence-corrected chi connectivity index (χ4v) is 2.03. The lowest BCUT2D eigenvalue weighted by Gasteiger charge is -2.05. The van der Waals surface area contributed by atoms with Gasteiger partial charge in [-0.25, -0.2) is 5.43 Å². The molecule has 0 aliphatic carbocycles. The van der Waals surface area contributed by atoms with Gasteiger partial charge in [-0.15, -0.1) is 0 Å². The van der Waals surface area contributed by atoms with Gasteiger partial charge in [0.2, 0.25) is 0 Å². The summed E-state index contributed by atoms with van der Waals surface area (Å²) < 4.78 is 5.52. The van der Waals surface area contributed by atoms with Crippen LogP contribution in [-0.4, -0.2) is 24.6 Å². The molecule has 25 heavy (non-hydrogen) atoms. The first-order valence-corrected chi connectivity index (χ1v) is 8.02. The summed E-state index contributed by atoms with van der Waals surface area (Å²) in [5.74, 6) is -0.881. The zero-order valence-electron chi connectivity index (χ0n) is 14.3. The van der Waals surface area contributed by atoms with Crippen LogP contribution >= 0.6 is 0 Å². The molecule has 0 bridgehead atoms. The number of hydrogen-bond donors (Lipinski definition) is 2. The Morgan fingerprint density at radius 2 is 1.92 bits per heavy atom. The molecule has 0 aromatic heterocycles. The van der Waals surface area contributed by atoms with Gasteiger partial charge in [0.15, 0.2) is 0 Å². The van der Waals surface area contributed by atoms with Crippen LogP contribution in [0.4, 0.5) is 5.69 Å². The van der Waals surface area contributed by atoms with Crippen LogP contribution < -0.4 is 15.5 Å². The van der Waals surface area contributed by atoms with E-state index in [0.717, 1.165) is 23.3 Å². The summed E-state index contributed by atoms with van der Waals surface area (Å²) in [4.78, 5) is 23.6. The highest BCUT2D eigenvalue weighted by Gasteiger charge is 2.12. The number of carbonyl (C=O) groups is 2. The molecule has 0 atom stereocenters. The highest BCUT2D eigenvalue weighted by molar-refractivity contribution is 6.39. The molecule has 2 rings (SSSR count). The molecule has 0 unspecified atom stereocenters. The molecule has 2 aromatic carbocycles. The van der Waals surface area contributed by atoms with E-state index in [2.05, 4.69) is 15.8 Å². The van der Waals surface area contributed by atoms with Crippen molar-refractivity contribution in [2.24, 2.45) is 5.10 Å². The smallest absolute Gasteiger partial charge is 0.329 e. The Morgan fingerprint density at radius 3 is 2.68 bits per heavy atom. The Labute approximate surface area is 146 Å². The number of aryl methyl sites for hydroxylation is 1. The largest absolute Gasteiger partial charge is 0.494 e. The molecule has 2 N–H and O–H groups in total. The highest BCUT2D eigenvalue weighted by Crippen LogP contribution is 2.12. The molecule has 0 heterocycles. The van der Waals surface area contributed by atoms with E-state index >= 15 is 0 Å². The molecule has 0 spiro atoms. The van der Waals surface area contributed by atoms with Crippen molar-refractivity contribution in [3.05, 3.63) is 59.7 Å². The van der Waals surface area contributed by atoms with Crippen molar-refractivity contribution in [1.82, 2.24) is 5.43 Å². The molecule has 0 saturated heterocycles. The molecule has 2 aromatic rings. The van der Waals surface area contributed by atoms with Crippen molar-refractivity contribution in [3.63, 3.8) is 0 Å². The predicted octanol–water partition coefficient (Wildman–Crippen LogP) is 2.87. The highest BCUT2D eigenvalue weighted by atomic mass is 16.5. The zero-order chi connectivity index (χ0) is 18.1. The summed E-state index contributed by atoms with van der Waals surface area (Å²) >= 11 is 0. The standard InChI is InChI=1S/C19H21N3O3/c1-3-10-25-17-9-5-7-15(12-17)13-20-22-19(24)18(23)21-16-8-4-6-14(2)11-16/h4-9,11-13H,3,10H2,1-2H3,(H,21,23)(H,22,24)/b20-13-. The number of benzene rings is 2. The van der Waals surface area contributed by atoms with Crippen LogP contribution in [0.25, 0.3) is 0 Å². The summed E-state index contributed by atoms with van der Waals surface area (Å²) in [6, 6.07) is 14.5. The van der Waals surface area contributed by atoms with Crippen LogP contribution in [-0.2, 0) is 9.59 Å². The van der Waals surface area contributed by atoms with Gasteiger partial charge in [-0.2, -0.15) is 5.10 Å². The van der Waals surface area contributed by atoms with Crippen LogP contribution in [0.3, 0.4) is 0 Å². The monoisotopic (exact) mass is 339 g/mol. The Morgan fingerprint density at radius 1 is 1.12 bits per heavy atom. The SMILES string of the molecule is CCCOc1cccc(/C=N\NC(=O)C(=O)Nc2cccc(C)c2)c1. The molecular weight excluding hydrogens is 318 g/mol. The molecule has 0 aliphatic rings. The first-order valence-electron chi connectivity index (χ1n) is 8.02. The van der Waals surface area contributed by atoms with Crippen molar-refractivity contribution in [1.29, 1.82) is 0 Å². The maximum Gasteiger partial charge on any atom is 0.329 e. The molecule has 6 heteroatoms. The van der Waals surface area contributed by atoms with Crippen molar-refractivity contribution in [2.45, 2.75) is 20.3 Å². The Kier molecular flexibility index (Phi) is 6.71. The van der Waals surface area contributed by atoms with E-state index in [-0.39, 0.29) is 0 Å². The predicted molar refractivity (Wildman–Crippen MR) is 97.8 cm³/mol. The van der Waals surface area contributed by atoms with E-state index in [1.54, 1.807) is 24.3 Å². The first-order chi connectivity index (χ1) is 12.1. The summed E-state index contributed by atoms with van der Waals surface area (Å²) in [6.07, 6.45) is 2.38. The minimum Gasteiger partial charge on any atom is -0.494 e. The summed E-state index contributed by atoms with van der Waals surface area (Å²) in [5.41, 5.74) is 4.51. The molecule has 2 amide bonds. The van der Waals surface area contributed by atoms with Crippen LogP contribution in [0.1, 0.15) is 24.5 Å². The zero-order valence-corrected chi connectivity index (χ0v) is 14.3. The van der Waals surface area contributed by atoms with E-state index in [1.165, 1.54) is 6.21 Å². The first kappa shape index (κ1) is 18.2. The minimum atomic E-state index is -0.837. The number of anilines is 1. The average Bonchev–Trinajstić information content (AvgIpc) is 2.60. The van der Waals surface area contributed by atoms with Gasteiger partial charge in [0.1, 0.15) is 5.75 Å². The molecular formula is C19H21N3O3. The lowest BCUT2D eigenvalue weighted by molar-refractivity contribution is -0.136. The number of nitrogens with zero attached hydrogens (tertiary/aromatic N) is 1. The van der Waals surface area contributed by atoms with Gasteiger partial charge >= 0.3 is 11.8 Å². The van der Waals surface area contributed by atoms with E-state index in [0.29, 0.717) is 12.3 Å². The Hall–Kier alpha value is -3.15. The van der Waals surface area contributed by atoms with E-state index in [4.69, 9.17) is 4.74 Å². The second kappa shape index (κ2) is 9.22. The average molecular weight is 339 g/mol. The number of rotatable bonds is 6. The van der Waals surface area contributed by atoms with E-state index < -0.39 is 11.8 Å². The van der Waals surface area contributed by atoms with E-state index in [9.17, 15) is 9.59 Å². The summed E-state index contributed by atoms with van der Waals surface area (Å²) in [5, 5.41) is 6.32. The number of hydrazone groups is 1.